The first-order valence-electron chi connectivity index (χ1n) is 20.3. The SMILES string of the molecule is COCc1c(C2C[C@H]3CC[C@@H](C2)N3C(=O)OC(C)(C)C)nc2c(-c3ccc(-c4ccccc4)nc3)cnn2c1N(COCC[Si](C)(C)C)COCC[Si](C)(C)C. The van der Waals surface area contributed by atoms with Crippen LogP contribution in [0.3, 0.4) is 0 Å². The molecule has 0 aliphatic carbocycles. The number of hydrogen-bond acceptors (Lipinski definition) is 9. The van der Waals surface area contributed by atoms with Gasteiger partial charge in [0.1, 0.15) is 24.9 Å². The summed E-state index contributed by atoms with van der Waals surface area (Å²) >= 11 is 0. The second-order valence-electron chi connectivity index (χ2n) is 19.0. The molecule has 2 saturated heterocycles. The van der Waals surface area contributed by atoms with Crippen molar-refractivity contribution in [1.82, 2.24) is 24.5 Å². The molecule has 3 atom stereocenters. The van der Waals surface area contributed by atoms with Gasteiger partial charge in [-0.2, -0.15) is 9.61 Å². The zero-order valence-electron chi connectivity index (χ0n) is 35.4. The Balaban J connectivity index is 1.44. The van der Waals surface area contributed by atoms with Crippen LogP contribution in [-0.4, -0.2) is 98.2 Å². The van der Waals surface area contributed by atoms with Crippen molar-refractivity contribution in [2.75, 3.05) is 38.7 Å². The fourth-order valence-electron chi connectivity index (χ4n) is 7.79. The van der Waals surface area contributed by atoms with Crippen LogP contribution in [0.1, 0.15) is 63.6 Å². The van der Waals surface area contributed by atoms with Gasteiger partial charge in [0.2, 0.25) is 0 Å². The van der Waals surface area contributed by atoms with Crippen molar-refractivity contribution >= 4 is 33.7 Å². The van der Waals surface area contributed by atoms with Crippen molar-refractivity contribution in [1.29, 1.82) is 0 Å². The maximum absolute atomic E-state index is 13.5. The molecule has 0 saturated carbocycles. The average Bonchev–Trinajstić information content (AvgIpc) is 3.67. The minimum absolute atomic E-state index is 0.0792. The zero-order chi connectivity index (χ0) is 40.3. The van der Waals surface area contributed by atoms with Gasteiger partial charge in [0.15, 0.2) is 5.65 Å². The quantitative estimate of drug-likeness (QED) is 0.0623. The molecule has 5 heterocycles. The monoisotopic (exact) mass is 800 g/mol. The van der Waals surface area contributed by atoms with E-state index < -0.39 is 21.7 Å². The molecular formula is C43H64N6O5Si2. The van der Waals surface area contributed by atoms with Gasteiger partial charge < -0.3 is 28.7 Å². The number of benzene rings is 1. The summed E-state index contributed by atoms with van der Waals surface area (Å²) in [5, 5.41) is 5.03. The van der Waals surface area contributed by atoms with Gasteiger partial charge in [0.05, 0.1) is 24.2 Å². The molecule has 2 aliphatic rings. The van der Waals surface area contributed by atoms with E-state index in [1.807, 2.05) is 60.8 Å². The van der Waals surface area contributed by atoms with Crippen molar-refractivity contribution in [3.05, 3.63) is 66.1 Å². The van der Waals surface area contributed by atoms with Gasteiger partial charge >= 0.3 is 6.09 Å². The lowest BCUT2D eigenvalue weighted by Gasteiger charge is -2.40. The maximum Gasteiger partial charge on any atom is 0.410 e. The second kappa shape index (κ2) is 17.5. The van der Waals surface area contributed by atoms with Crippen LogP contribution in [-0.2, 0) is 25.6 Å². The highest BCUT2D eigenvalue weighted by Crippen LogP contribution is 2.46. The Morgan fingerprint density at radius 2 is 1.48 bits per heavy atom. The summed E-state index contributed by atoms with van der Waals surface area (Å²) in [6, 6.07) is 16.7. The van der Waals surface area contributed by atoms with E-state index in [-0.39, 0.29) is 24.1 Å². The van der Waals surface area contributed by atoms with Crippen LogP contribution in [0.15, 0.2) is 54.9 Å². The first-order valence-corrected chi connectivity index (χ1v) is 27.8. The number of anilines is 1. The summed E-state index contributed by atoms with van der Waals surface area (Å²) in [5.74, 6) is 0.971. The summed E-state index contributed by atoms with van der Waals surface area (Å²) in [6.45, 7) is 22.4. The Bertz CT molecular complexity index is 1880. The smallest absolute Gasteiger partial charge is 0.410 e. The summed E-state index contributed by atoms with van der Waals surface area (Å²) in [6.07, 6.45) is 7.10. The molecule has 0 radical (unpaired) electrons. The van der Waals surface area contributed by atoms with E-state index in [1.165, 1.54) is 0 Å². The minimum atomic E-state index is -1.31. The summed E-state index contributed by atoms with van der Waals surface area (Å²) in [7, 11) is -0.893. The summed E-state index contributed by atoms with van der Waals surface area (Å²) in [4.78, 5) is 28.1. The number of nitrogens with zero attached hydrogens (tertiary/aromatic N) is 6. The molecule has 0 N–H and O–H groups in total. The van der Waals surface area contributed by atoms with Gasteiger partial charge in [-0.05, 0) is 64.6 Å². The van der Waals surface area contributed by atoms with E-state index in [0.717, 1.165) is 82.9 Å². The first-order chi connectivity index (χ1) is 26.5. The topological polar surface area (TPSA) is 104 Å². The Kier molecular flexibility index (Phi) is 13.1. The number of carbonyl (C=O) groups excluding carboxylic acids is 1. The van der Waals surface area contributed by atoms with E-state index in [0.29, 0.717) is 33.3 Å². The van der Waals surface area contributed by atoms with Gasteiger partial charge in [-0.25, -0.2) is 9.78 Å². The number of pyridine rings is 1. The van der Waals surface area contributed by atoms with Crippen LogP contribution in [0.4, 0.5) is 10.6 Å². The fraction of sp³-hybridized carbons (Fsp3) is 0.581. The van der Waals surface area contributed by atoms with Crippen molar-refractivity contribution in [3.8, 4) is 22.4 Å². The normalized spacial score (nSPS) is 18.8. The zero-order valence-corrected chi connectivity index (χ0v) is 37.4. The largest absolute Gasteiger partial charge is 0.444 e. The minimum Gasteiger partial charge on any atom is -0.444 e. The molecule has 1 amide bonds. The molecule has 56 heavy (non-hydrogen) atoms. The number of amides is 1. The van der Waals surface area contributed by atoms with E-state index in [4.69, 9.17) is 34.0 Å². The van der Waals surface area contributed by atoms with Gasteiger partial charge in [0, 0.05) is 82.9 Å². The molecule has 1 unspecified atom stereocenters. The Labute approximate surface area is 336 Å². The molecule has 2 aliphatic heterocycles. The molecule has 1 aromatic carbocycles. The van der Waals surface area contributed by atoms with Gasteiger partial charge in [-0.15, -0.1) is 0 Å². The van der Waals surface area contributed by atoms with E-state index >= 15 is 0 Å². The maximum atomic E-state index is 13.5. The standard InChI is InChI=1S/C43H64N6O5Si2/c1-43(2,3)54-42(50)48-34-17-18-35(48)25-33(24-34)39-37(28-51-4)41(47(29-52-20-22-55(5,6)7)30-53-21-23-56(8,9)10)49-40(46-39)36(27-45-49)32-16-19-38(44-26-32)31-14-12-11-13-15-31/h11-16,19,26-27,33-35H,17-18,20-25,28-30H2,1-10H3/t33?,34-,35+. The number of piperidine rings is 1. The predicted molar refractivity (Wildman–Crippen MR) is 230 cm³/mol. The summed E-state index contributed by atoms with van der Waals surface area (Å²) in [5.41, 5.74) is 5.98. The Morgan fingerprint density at radius 1 is 0.857 bits per heavy atom. The predicted octanol–water partition coefficient (Wildman–Crippen LogP) is 9.68. The number of fused-ring (bicyclic) bond motifs is 3. The molecule has 4 aromatic rings. The highest BCUT2D eigenvalue weighted by Gasteiger charge is 2.46. The third kappa shape index (κ3) is 10.5. The molecule has 2 fully saturated rings. The highest BCUT2D eigenvalue weighted by atomic mass is 28.3. The van der Waals surface area contributed by atoms with Gasteiger partial charge in [-0.3, -0.25) is 4.98 Å². The Morgan fingerprint density at radius 3 is 2.02 bits per heavy atom. The number of carbonyl (C=O) groups is 1. The molecular weight excluding hydrogens is 737 g/mol. The average molecular weight is 801 g/mol. The van der Waals surface area contributed by atoms with Gasteiger partial charge in [0.25, 0.3) is 0 Å². The van der Waals surface area contributed by atoms with Crippen LogP contribution in [0.5, 0.6) is 0 Å². The second-order valence-corrected chi connectivity index (χ2v) is 30.2. The molecule has 304 valence electrons. The van der Waals surface area contributed by atoms with E-state index in [2.05, 4.69) is 68.4 Å². The number of hydrogen-bond donors (Lipinski definition) is 0. The van der Waals surface area contributed by atoms with Crippen molar-refractivity contribution in [3.63, 3.8) is 0 Å². The lowest BCUT2D eigenvalue weighted by molar-refractivity contribution is 0.00560. The van der Waals surface area contributed by atoms with Crippen LogP contribution >= 0.6 is 0 Å². The number of methoxy groups -OCH3 is 1. The molecule has 0 spiro atoms. The highest BCUT2D eigenvalue weighted by molar-refractivity contribution is 6.76. The van der Waals surface area contributed by atoms with Crippen LogP contribution < -0.4 is 4.90 Å². The lowest BCUT2D eigenvalue weighted by atomic mass is 9.86. The van der Waals surface area contributed by atoms with E-state index in [1.54, 1.807) is 7.11 Å². The van der Waals surface area contributed by atoms with Crippen molar-refractivity contribution in [2.45, 2.75) is 128 Å². The van der Waals surface area contributed by atoms with Crippen molar-refractivity contribution in [2.24, 2.45) is 0 Å². The van der Waals surface area contributed by atoms with E-state index in [9.17, 15) is 4.79 Å². The third-order valence-electron chi connectivity index (χ3n) is 10.7. The fourth-order valence-corrected chi connectivity index (χ4v) is 9.30. The molecule has 3 aromatic heterocycles. The third-order valence-corrected chi connectivity index (χ3v) is 14.1. The summed E-state index contributed by atoms with van der Waals surface area (Å²) < 4.78 is 26.8. The van der Waals surface area contributed by atoms with Crippen molar-refractivity contribution < 1.29 is 23.7 Å². The number of aromatic nitrogens is 4. The Hall–Kier alpha value is -3.63. The van der Waals surface area contributed by atoms with Crippen LogP contribution in [0.25, 0.3) is 28.0 Å². The molecule has 6 rings (SSSR count). The van der Waals surface area contributed by atoms with Crippen LogP contribution in [0, 0.1) is 0 Å². The lowest BCUT2D eigenvalue weighted by Crippen LogP contribution is -2.48. The molecule has 2 bridgehead atoms. The van der Waals surface area contributed by atoms with Gasteiger partial charge in [-0.1, -0.05) is 75.7 Å². The molecule has 13 heteroatoms. The van der Waals surface area contributed by atoms with Crippen LogP contribution in [0.2, 0.25) is 51.4 Å². The first kappa shape index (κ1) is 42.0. The molecule has 11 nitrogen and oxygen atoms in total. The number of ether oxygens (including phenoxy) is 4. The number of rotatable bonds is 16.